The zero-order chi connectivity index (χ0) is 15.7. The third kappa shape index (κ3) is 2.64. The maximum absolute atomic E-state index is 11.8. The second-order valence-corrected chi connectivity index (χ2v) is 4.44. The number of carboxylic acids is 1. The molecule has 21 heavy (non-hydrogen) atoms. The van der Waals surface area contributed by atoms with Crippen molar-refractivity contribution in [2.24, 2.45) is 0 Å². The number of benzene rings is 1. The number of aryl methyl sites for hydroxylation is 2. The van der Waals surface area contributed by atoms with Crippen molar-refractivity contribution in [2.45, 2.75) is 13.8 Å². The van der Waals surface area contributed by atoms with Crippen molar-refractivity contribution in [1.29, 1.82) is 0 Å². The maximum atomic E-state index is 11.8. The van der Waals surface area contributed by atoms with Gasteiger partial charge in [-0.25, -0.2) is 9.78 Å². The van der Waals surface area contributed by atoms with Gasteiger partial charge in [0.1, 0.15) is 11.4 Å². The fourth-order valence-electron chi connectivity index (χ4n) is 1.94. The molecule has 0 saturated carbocycles. The van der Waals surface area contributed by atoms with Crippen LogP contribution in [0.2, 0.25) is 0 Å². The standard InChI is InChI=1S/C13H11N3O5/c1-6-3-4-8(16(20)21)5-9(6)11-14-7(2)10(13(18)19)12(17)15-11/h3-5H,1-2H3,(H,18,19)(H,14,15,17). The van der Waals surface area contributed by atoms with Crippen LogP contribution in [0.3, 0.4) is 0 Å². The molecule has 0 atom stereocenters. The van der Waals surface area contributed by atoms with Gasteiger partial charge in [-0.05, 0) is 19.4 Å². The third-order valence-electron chi connectivity index (χ3n) is 3.00. The van der Waals surface area contributed by atoms with Crippen LogP contribution < -0.4 is 5.56 Å². The molecule has 8 heteroatoms. The van der Waals surface area contributed by atoms with E-state index in [9.17, 15) is 19.7 Å². The van der Waals surface area contributed by atoms with Gasteiger partial charge in [-0.15, -0.1) is 0 Å². The first-order chi connectivity index (χ1) is 9.81. The fourth-order valence-corrected chi connectivity index (χ4v) is 1.94. The summed E-state index contributed by atoms with van der Waals surface area (Å²) in [6.07, 6.45) is 0. The van der Waals surface area contributed by atoms with E-state index in [0.29, 0.717) is 11.1 Å². The van der Waals surface area contributed by atoms with Crippen molar-refractivity contribution in [3.05, 3.63) is 55.5 Å². The molecule has 1 aromatic heterocycles. The molecule has 0 saturated heterocycles. The van der Waals surface area contributed by atoms with Gasteiger partial charge >= 0.3 is 5.97 Å². The Morgan fingerprint density at radius 2 is 2.05 bits per heavy atom. The normalized spacial score (nSPS) is 10.4. The Morgan fingerprint density at radius 1 is 1.38 bits per heavy atom. The number of rotatable bonds is 3. The molecule has 0 fully saturated rings. The van der Waals surface area contributed by atoms with Crippen LogP contribution in [-0.2, 0) is 0 Å². The quantitative estimate of drug-likeness (QED) is 0.653. The number of aromatic carboxylic acids is 1. The second-order valence-electron chi connectivity index (χ2n) is 4.44. The number of carboxylic acid groups (broad SMARTS) is 1. The number of hydrogen-bond donors (Lipinski definition) is 2. The highest BCUT2D eigenvalue weighted by atomic mass is 16.6. The number of non-ortho nitro benzene ring substituents is 1. The lowest BCUT2D eigenvalue weighted by Crippen LogP contribution is -2.21. The van der Waals surface area contributed by atoms with E-state index in [1.165, 1.54) is 25.1 Å². The van der Waals surface area contributed by atoms with Gasteiger partial charge in [0.05, 0.1) is 10.6 Å². The Kier molecular flexibility index (Phi) is 3.53. The Morgan fingerprint density at radius 3 is 2.57 bits per heavy atom. The SMILES string of the molecule is Cc1ccc([N+](=O)[O-])cc1-c1nc(C)c(C(=O)O)c(=O)[nH]1. The molecule has 0 unspecified atom stereocenters. The van der Waals surface area contributed by atoms with Crippen LogP contribution in [0.25, 0.3) is 11.4 Å². The Balaban J connectivity index is 2.68. The topological polar surface area (TPSA) is 126 Å². The largest absolute Gasteiger partial charge is 0.477 e. The number of H-pyrrole nitrogens is 1. The van der Waals surface area contributed by atoms with Gasteiger partial charge in [0.2, 0.25) is 0 Å². The molecule has 0 aliphatic carbocycles. The first-order valence-corrected chi connectivity index (χ1v) is 5.91. The molecule has 8 nitrogen and oxygen atoms in total. The second kappa shape index (κ2) is 5.16. The van der Waals surface area contributed by atoms with Crippen LogP contribution in [0.1, 0.15) is 21.6 Å². The van der Waals surface area contributed by atoms with Crippen molar-refractivity contribution in [1.82, 2.24) is 9.97 Å². The van der Waals surface area contributed by atoms with Gasteiger partial charge in [0.15, 0.2) is 0 Å². The average molecular weight is 289 g/mol. The van der Waals surface area contributed by atoms with E-state index in [0.717, 1.165) is 0 Å². The van der Waals surface area contributed by atoms with Crippen molar-refractivity contribution >= 4 is 11.7 Å². The Labute approximate surface area is 118 Å². The van der Waals surface area contributed by atoms with E-state index in [4.69, 9.17) is 5.11 Å². The molecule has 0 aliphatic rings. The van der Waals surface area contributed by atoms with Crippen molar-refractivity contribution < 1.29 is 14.8 Å². The van der Waals surface area contributed by atoms with Gasteiger partial charge in [0.25, 0.3) is 11.2 Å². The number of carbonyl (C=O) groups is 1. The molecule has 0 amide bonds. The fraction of sp³-hybridized carbons (Fsp3) is 0.154. The molecule has 0 spiro atoms. The maximum Gasteiger partial charge on any atom is 0.343 e. The summed E-state index contributed by atoms with van der Waals surface area (Å²) >= 11 is 0. The number of hydrogen-bond acceptors (Lipinski definition) is 5. The molecule has 0 bridgehead atoms. The van der Waals surface area contributed by atoms with Crippen molar-refractivity contribution in [2.75, 3.05) is 0 Å². The van der Waals surface area contributed by atoms with Crippen LogP contribution in [-0.4, -0.2) is 26.0 Å². The number of nitro groups is 1. The van der Waals surface area contributed by atoms with E-state index in [2.05, 4.69) is 9.97 Å². The van der Waals surface area contributed by atoms with Crippen molar-refractivity contribution in [3.63, 3.8) is 0 Å². The van der Waals surface area contributed by atoms with Gasteiger partial charge < -0.3 is 10.1 Å². The van der Waals surface area contributed by atoms with Crippen LogP contribution in [0, 0.1) is 24.0 Å². The van der Waals surface area contributed by atoms with E-state index in [-0.39, 0.29) is 17.2 Å². The molecule has 2 aromatic rings. The lowest BCUT2D eigenvalue weighted by atomic mass is 10.1. The number of aromatic nitrogens is 2. The Bertz CT molecular complexity index is 810. The lowest BCUT2D eigenvalue weighted by molar-refractivity contribution is -0.384. The molecule has 108 valence electrons. The van der Waals surface area contributed by atoms with E-state index < -0.39 is 22.0 Å². The van der Waals surface area contributed by atoms with E-state index >= 15 is 0 Å². The summed E-state index contributed by atoms with van der Waals surface area (Å²) in [6.45, 7) is 3.11. The summed E-state index contributed by atoms with van der Waals surface area (Å²) in [5.41, 5.74) is -0.282. The predicted molar refractivity (Wildman–Crippen MR) is 73.4 cm³/mol. The monoisotopic (exact) mass is 289 g/mol. The molecule has 1 aromatic carbocycles. The highest BCUT2D eigenvalue weighted by Gasteiger charge is 2.18. The average Bonchev–Trinajstić information content (AvgIpc) is 2.37. The molecule has 0 radical (unpaired) electrons. The van der Waals surface area contributed by atoms with Crippen molar-refractivity contribution in [3.8, 4) is 11.4 Å². The Hall–Kier alpha value is -3.03. The van der Waals surface area contributed by atoms with Crippen LogP contribution in [0.4, 0.5) is 5.69 Å². The van der Waals surface area contributed by atoms with Gasteiger partial charge in [-0.1, -0.05) is 6.07 Å². The van der Waals surface area contributed by atoms with Crippen LogP contribution in [0.5, 0.6) is 0 Å². The predicted octanol–water partition coefficient (Wildman–Crippen LogP) is 1.66. The third-order valence-corrected chi connectivity index (χ3v) is 3.00. The highest BCUT2D eigenvalue weighted by molar-refractivity contribution is 5.88. The lowest BCUT2D eigenvalue weighted by Gasteiger charge is -2.07. The molecule has 2 rings (SSSR count). The number of nitro benzene ring substituents is 1. The summed E-state index contributed by atoms with van der Waals surface area (Å²) in [5, 5.41) is 19.7. The molecular formula is C13H11N3O5. The zero-order valence-corrected chi connectivity index (χ0v) is 11.2. The zero-order valence-electron chi connectivity index (χ0n) is 11.2. The minimum absolute atomic E-state index is 0.0483. The molecular weight excluding hydrogens is 278 g/mol. The smallest absolute Gasteiger partial charge is 0.343 e. The number of nitrogens with zero attached hydrogens (tertiary/aromatic N) is 2. The minimum Gasteiger partial charge on any atom is -0.477 e. The molecule has 2 N–H and O–H groups in total. The summed E-state index contributed by atoms with van der Waals surface area (Å²) < 4.78 is 0. The van der Waals surface area contributed by atoms with Gasteiger partial charge in [-0.2, -0.15) is 0 Å². The summed E-state index contributed by atoms with van der Waals surface area (Å²) in [4.78, 5) is 39.4. The van der Waals surface area contributed by atoms with Gasteiger partial charge in [-0.3, -0.25) is 14.9 Å². The van der Waals surface area contributed by atoms with Crippen LogP contribution in [0.15, 0.2) is 23.0 Å². The summed E-state index contributed by atoms with van der Waals surface area (Å²) in [6, 6.07) is 4.16. The highest BCUT2D eigenvalue weighted by Crippen LogP contribution is 2.24. The minimum atomic E-state index is -1.37. The number of nitrogens with one attached hydrogen (secondary N) is 1. The molecule has 0 aliphatic heterocycles. The molecule has 1 heterocycles. The van der Waals surface area contributed by atoms with E-state index in [1.54, 1.807) is 6.92 Å². The summed E-state index contributed by atoms with van der Waals surface area (Å²) in [7, 11) is 0. The number of aromatic amines is 1. The first kappa shape index (κ1) is 14.4. The van der Waals surface area contributed by atoms with Crippen LogP contribution >= 0.6 is 0 Å². The van der Waals surface area contributed by atoms with E-state index in [1.807, 2.05) is 0 Å². The van der Waals surface area contributed by atoms with Gasteiger partial charge in [0, 0.05) is 17.7 Å². The summed E-state index contributed by atoms with van der Waals surface area (Å²) in [5.74, 6) is -1.27. The first-order valence-electron chi connectivity index (χ1n) is 5.91.